The lowest BCUT2D eigenvalue weighted by molar-refractivity contribution is 0.0924. The monoisotopic (exact) mass is 446 g/mol. The van der Waals surface area contributed by atoms with Crippen LogP contribution in [0.25, 0.3) is 11.0 Å². The van der Waals surface area contributed by atoms with Crippen molar-refractivity contribution in [1.29, 1.82) is 0 Å². The molecule has 1 saturated heterocycles. The molecule has 2 aromatic carbocycles. The van der Waals surface area contributed by atoms with E-state index in [0.717, 1.165) is 35.8 Å². The molecule has 0 radical (unpaired) electrons. The van der Waals surface area contributed by atoms with Crippen molar-refractivity contribution < 1.29 is 17.6 Å². The van der Waals surface area contributed by atoms with Crippen LogP contribution in [0.3, 0.4) is 0 Å². The lowest BCUT2D eigenvalue weighted by Gasteiger charge is -2.25. The molecule has 1 aliphatic rings. The highest BCUT2D eigenvalue weighted by molar-refractivity contribution is 7.89. The second-order valence-electron chi connectivity index (χ2n) is 7.49. The predicted octanol–water partition coefficient (Wildman–Crippen LogP) is 4.50. The Kier molecular flexibility index (Phi) is 5.86. The SMILES string of the molecule is Cc1c(C(=O)NCc2ccc(S(=O)(=O)N3CCCCC3)cc2)oc2ccc(Cl)cc12. The average molecular weight is 447 g/mol. The fourth-order valence-electron chi connectivity index (χ4n) is 3.71. The molecule has 1 N–H and O–H groups in total. The second kappa shape index (κ2) is 8.41. The molecule has 2 heterocycles. The van der Waals surface area contributed by atoms with Crippen molar-refractivity contribution in [3.05, 3.63) is 64.4 Å². The molecule has 0 unspecified atom stereocenters. The van der Waals surface area contributed by atoms with Crippen LogP contribution >= 0.6 is 11.6 Å². The van der Waals surface area contributed by atoms with Crippen molar-refractivity contribution >= 4 is 38.5 Å². The molecule has 0 bridgehead atoms. The van der Waals surface area contributed by atoms with Crippen molar-refractivity contribution in [2.75, 3.05) is 13.1 Å². The normalized spacial score (nSPS) is 15.4. The molecule has 0 saturated carbocycles. The Balaban J connectivity index is 1.44. The van der Waals surface area contributed by atoms with E-state index in [1.165, 1.54) is 0 Å². The lowest BCUT2D eigenvalue weighted by Crippen LogP contribution is -2.35. The minimum absolute atomic E-state index is 0.247. The third-order valence-electron chi connectivity index (χ3n) is 5.43. The molecule has 1 amide bonds. The van der Waals surface area contributed by atoms with Gasteiger partial charge in [-0.15, -0.1) is 0 Å². The van der Waals surface area contributed by atoms with Crippen molar-refractivity contribution in [1.82, 2.24) is 9.62 Å². The summed E-state index contributed by atoms with van der Waals surface area (Å²) in [6, 6.07) is 11.9. The molecule has 1 fully saturated rings. The second-order valence-corrected chi connectivity index (χ2v) is 9.86. The molecular formula is C22H23ClN2O4S. The molecule has 3 aromatic rings. The Morgan fingerprint density at radius 3 is 2.50 bits per heavy atom. The minimum atomic E-state index is -3.46. The fraction of sp³-hybridized carbons (Fsp3) is 0.318. The van der Waals surface area contributed by atoms with Crippen molar-refractivity contribution in [2.45, 2.75) is 37.6 Å². The summed E-state index contributed by atoms with van der Waals surface area (Å²) in [5.41, 5.74) is 2.14. The summed E-state index contributed by atoms with van der Waals surface area (Å²) in [7, 11) is -3.46. The molecule has 8 heteroatoms. The van der Waals surface area contributed by atoms with Gasteiger partial charge in [-0.3, -0.25) is 4.79 Å². The Bertz CT molecular complexity index is 1180. The summed E-state index contributed by atoms with van der Waals surface area (Å²) >= 11 is 6.03. The quantitative estimate of drug-likeness (QED) is 0.625. The van der Waals surface area contributed by atoms with Crippen molar-refractivity contribution in [3.63, 3.8) is 0 Å². The molecule has 158 valence electrons. The predicted molar refractivity (Wildman–Crippen MR) is 116 cm³/mol. The third-order valence-corrected chi connectivity index (χ3v) is 7.58. The van der Waals surface area contributed by atoms with Crippen molar-refractivity contribution in [3.8, 4) is 0 Å². The number of piperidine rings is 1. The van der Waals surface area contributed by atoms with E-state index in [-0.39, 0.29) is 23.1 Å². The van der Waals surface area contributed by atoms with Crippen LogP contribution < -0.4 is 5.32 Å². The third kappa shape index (κ3) is 4.10. The topological polar surface area (TPSA) is 79.6 Å². The van der Waals surface area contributed by atoms with Gasteiger partial charge in [-0.25, -0.2) is 8.42 Å². The number of sulfonamides is 1. The zero-order chi connectivity index (χ0) is 21.3. The Morgan fingerprint density at radius 1 is 1.10 bits per heavy atom. The highest BCUT2D eigenvalue weighted by Gasteiger charge is 2.25. The summed E-state index contributed by atoms with van der Waals surface area (Å²) in [6.07, 6.45) is 2.87. The van der Waals surface area contributed by atoms with Gasteiger partial charge in [0.05, 0.1) is 4.90 Å². The molecule has 0 spiro atoms. The molecule has 0 atom stereocenters. The number of benzene rings is 2. The van der Waals surface area contributed by atoms with E-state index in [9.17, 15) is 13.2 Å². The summed E-state index contributed by atoms with van der Waals surface area (Å²) < 4.78 is 32.7. The smallest absolute Gasteiger partial charge is 0.287 e. The Hall–Kier alpha value is -2.35. The van der Waals surface area contributed by atoms with Gasteiger partial charge in [0, 0.05) is 35.6 Å². The number of carbonyl (C=O) groups is 1. The number of furan rings is 1. The summed E-state index contributed by atoms with van der Waals surface area (Å²) in [6.45, 7) is 3.22. The first kappa shape index (κ1) is 20.9. The van der Waals surface area contributed by atoms with Crippen LogP contribution in [0.5, 0.6) is 0 Å². The number of aryl methyl sites for hydroxylation is 1. The zero-order valence-electron chi connectivity index (χ0n) is 16.7. The van der Waals surface area contributed by atoms with Gasteiger partial charge < -0.3 is 9.73 Å². The first-order valence-corrected chi connectivity index (χ1v) is 11.7. The number of hydrogen-bond donors (Lipinski definition) is 1. The molecular weight excluding hydrogens is 424 g/mol. The Morgan fingerprint density at radius 2 is 1.80 bits per heavy atom. The zero-order valence-corrected chi connectivity index (χ0v) is 18.2. The number of halogens is 1. The van der Waals surface area contributed by atoms with Gasteiger partial charge >= 0.3 is 0 Å². The summed E-state index contributed by atoms with van der Waals surface area (Å²) in [5.74, 6) is -0.0820. The molecule has 4 rings (SSSR count). The van der Waals surface area contributed by atoms with Gasteiger partial charge in [-0.2, -0.15) is 4.31 Å². The van der Waals surface area contributed by atoms with Crippen LogP contribution in [0.15, 0.2) is 51.8 Å². The van der Waals surface area contributed by atoms with E-state index in [0.29, 0.717) is 23.7 Å². The molecule has 1 aromatic heterocycles. The van der Waals surface area contributed by atoms with E-state index in [4.69, 9.17) is 16.0 Å². The Labute approximate surface area is 180 Å². The first-order chi connectivity index (χ1) is 14.4. The lowest BCUT2D eigenvalue weighted by atomic mass is 10.1. The van der Waals surface area contributed by atoms with E-state index in [1.807, 2.05) is 6.92 Å². The first-order valence-electron chi connectivity index (χ1n) is 9.92. The number of carbonyl (C=O) groups excluding carboxylic acids is 1. The average Bonchev–Trinajstić information content (AvgIpc) is 3.09. The maximum atomic E-state index is 12.7. The standard InChI is InChI=1S/C22H23ClN2O4S/c1-15-19-13-17(23)7-10-20(19)29-21(15)22(26)24-14-16-5-8-18(9-6-16)30(27,28)25-11-3-2-4-12-25/h5-10,13H,2-4,11-12,14H2,1H3,(H,24,26). The molecule has 6 nitrogen and oxygen atoms in total. The summed E-state index contributed by atoms with van der Waals surface area (Å²) in [5, 5.41) is 4.21. The van der Waals surface area contributed by atoms with E-state index < -0.39 is 10.0 Å². The van der Waals surface area contributed by atoms with Crippen LogP contribution in [0, 0.1) is 6.92 Å². The maximum Gasteiger partial charge on any atom is 0.287 e. The van der Waals surface area contributed by atoms with Gasteiger partial charge in [0.25, 0.3) is 5.91 Å². The maximum absolute atomic E-state index is 12.7. The van der Waals surface area contributed by atoms with Gasteiger partial charge in [0.15, 0.2) is 5.76 Å². The van der Waals surface area contributed by atoms with Crippen LogP contribution in [0.1, 0.15) is 40.9 Å². The summed E-state index contributed by atoms with van der Waals surface area (Å²) in [4.78, 5) is 12.9. The van der Waals surface area contributed by atoms with Gasteiger partial charge in [0.1, 0.15) is 5.58 Å². The van der Waals surface area contributed by atoms with Gasteiger partial charge in [-0.1, -0.05) is 30.2 Å². The van der Waals surface area contributed by atoms with Crippen LogP contribution in [0.4, 0.5) is 0 Å². The largest absolute Gasteiger partial charge is 0.451 e. The van der Waals surface area contributed by atoms with Crippen molar-refractivity contribution in [2.24, 2.45) is 0 Å². The number of fused-ring (bicyclic) bond motifs is 1. The van der Waals surface area contributed by atoms with E-state index in [1.54, 1.807) is 46.8 Å². The van der Waals surface area contributed by atoms with E-state index >= 15 is 0 Å². The highest BCUT2D eigenvalue weighted by atomic mass is 35.5. The van der Waals surface area contributed by atoms with E-state index in [2.05, 4.69) is 5.32 Å². The molecule has 0 aliphatic carbocycles. The van der Waals surface area contributed by atoms with Crippen LogP contribution in [0.2, 0.25) is 5.02 Å². The minimum Gasteiger partial charge on any atom is -0.451 e. The van der Waals surface area contributed by atoms with Gasteiger partial charge in [-0.05, 0) is 55.7 Å². The number of nitrogens with one attached hydrogen (secondary N) is 1. The molecule has 30 heavy (non-hydrogen) atoms. The molecule has 1 aliphatic heterocycles. The number of amides is 1. The van der Waals surface area contributed by atoms with Gasteiger partial charge in [0.2, 0.25) is 10.0 Å². The number of nitrogens with zero attached hydrogens (tertiary/aromatic N) is 1. The number of hydrogen-bond acceptors (Lipinski definition) is 4. The highest BCUT2D eigenvalue weighted by Crippen LogP contribution is 2.28. The van der Waals surface area contributed by atoms with Crippen LogP contribution in [-0.4, -0.2) is 31.7 Å². The van der Waals surface area contributed by atoms with Crippen LogP contribution in [-0.2, 0) is 16.6 Å². The number of rotatable bonds is 5. The fourth-order valence-corrected chi connectivity index (χ4v) is 5.40.